The third kappa shape index (κ3) is 5.00. The van der Waals surface area contributed by atoms with E-state index in [0.717, 1.165) is 5.06 Å². The standard InChI is InChI=1S/C15H18FNO4/c1-4-21-15(19)9-8-11-6-5-7-13(16)12(11)10-14(18)17(2)20-3/h5-9H,4,10H2,1-3H3/b9-8+. The zero-order chi connectivity index (χ0) is 15.8. The van der Waals surface area contributed by atoms with Gasteiger partial charge < -0.3 is 4.74 Å². The summed E-state index contributed by atoms with van der Waals surface area (Å²) in [5.74, 6) is -1.43. The molecule has 114 valence electrons. The predicted molar refractivity (Wildman–Crippen MR) is 75.6 cm³/mol. The second-order valence-corrected chi connectivity index (χ2v) is 4.14. The van der Waals surface area contributed by atoms with Crippen molar-refractivity contribution in [3.8, 4) is 0 Å². The van der Waals surface area contributed by atoms with E-state index in [-0.39, 0.29) is 18.6 Å². The van der Waals surface area contributed by atoms with Gasteiger partial charge in [0.15, 0.2) is 0 Å². The summed E-state index contributed by atoms with van der Waals surface area (Å²) >= 11 is 0. The number of amides is 1. The van der Waals surface area contributed by atoms with E-state index in [1.165, 1.54) is 38.4 Å². The molecule has 0 heterocycles. The summed E-state index contributed by atoms with van der Waals surface area (Å²) < 4.78 is 18.6. The number of rotatable bonds is 6. The Morgan fingerprint density at radius 2 is 2.10 bits per heavy atom. The molecule has 0 fully saturated rings. The van der Waals surface area contributed by atoms with Crippen LogP contribution >= 0.6 is 0 Å². The van der Waals surface area contributed by atoms with Crippen molar-refractivity contribution in [3.63, 3.8) is 0 Å². The molecule has 0 unspecified atom stereocenters. The maximum absolute atomic E-state index is 13.9. The number of hydrogen-bond donors (Lipinski definition) is 0. The molecule has 0 aliphatic heterocycles. The lowest BCUT2D eigenvalue weighted by Crippen LogP contribution is -2.27. The van der Waals surface area contributed by atoms with E-state index in [4.69, 9.17) is 9.57 Å². The van der Waals surface area contributed by atoms with E-state index in [2.05, 4.69) is 0 Å². The Hall–Kier alpha value is -2.21. The number of carbonyl (C=O) groups excluding carboxylic acids is 2. The summed E-state index contributed by atoms with van der Waals surface area (Å²) in [4.78, 5) is 27.9. The third-order valence-corrected chi connectivity index (χ3v) is 2.79. The number of likely N-dealkylation sites (N-methyl/N-ethyl adjacent to an activating group) is 1. The number of ether oxygens (including phenoxy) is 1. The van der Waals surface area contributed by atoms with Gasteiger partial charge in [-0.25, -0.2) is 14.2 Å². The molecule has 1 amide bonds. The summed E-state index contributed by atoms with van der Waals surface area (Å²) in [7, 11) is 2.79. The number of carbonyl (C=O) groups is 2. The van der Waals surface area contributed by atoms with E-state index in [9.17, 15) is 14.0 Å². The number of nitrogens with zero attached hydrogens (tertiary/aromatic N) is 1. The molecule has 0 aliphatic rings. The van der Waals surface area contributed by atoms with E-state index in [1.807, 2.05) is 0 Å². The van der Waals surface area contributed by atoms with E-state index < -0.39 is 17.7 Å². The minimum atomic E-state index is -0.520. The highest BCUT2D eigenvalue weighted by Gasteiger charge is 2.15. The fraction of sp³-hybridized carbons (Fsp3) is 0.333. The van der Waals surface area contributed by atoms with E-state index in [0.29, 0.717) is 5.56 Å². The zero-order valence-corrected chi connectivity index (χ0v) is 12.3. The number of esters is 1. The topological polar surface area (TPSA) is 55.8 Å². The maximum Gasteiger partial charge on any atom is 0.330 e. The third-order valence-electron chi connectivity index (χ3n) is 2.79. The van der Waals surface area contributed by atoms with Crippen LogP contribution in [0.2, 0.25) is 0 Å². The molecular formula is C15H18FNO4. The fourth-order valence-electron chi connectivity index (χ4n) is 1.63. The van der Waals surface area contributed by atoms with Gasteiger partial charge in [0.2, 0.25) is 5.91 Å². The molecule has 1 rings (SSSR count). The molecule has 1 aromatic carbocycles. The molecule has 0 aliphatic carbocycles. The summed E-state index contributed by atoms with van der Waals surface area (Å²) in [6.07, 6.45) is 2.46. The van der Waals surface area contributed by atoms with Crippen LogP contribution in [0.1, 0.15) is 18.1 Å². The summed E-state index contributed by atoms with van der Waals surface area (Å²) in [5, 5.41) is 1.02. The largest absolute Gasteiger partial charge is 0.463 e. The lowest BCUT2D eigenvalue weighted by Gasteiger charge is -2.14. The van der Waals surface area contributed by atoms with Gasteiger partial charge in [-0.05, 0) is 24.6 Å². The highest BCUT2D eigenvalue weighted by molar-refractivity contribution is 5.88. The van der Waals surface area contributed by atoms with Gasteiger partial charge in [0.25, 0.3) is 0 Å². The Kier molecular flexibility index (Phi) is 6.55. The number of hydrogen-bond acceptors (Lipinski definition) is 4. The van der Waals surface area contributed by atoms with Gasteiger partial charge >= 0.3 is 5.97 Å². The Morgan fingerprint density at radius 1 is 1.38 bits per heavy atom. The van der Waals surface area contributed by atoms with E-state index in [1.54, 1.807) is 13.0 Å². The molecule has 0 atom stereocenters. The minimum absolute atomic E-state index is 0.167. The Balaban J connectivity index is 2.98. The average molecular weight is 295 g/mol. The van der Waals surface area contributed by atoms with Crippen molar-refractivity contribution in [2.75, 3.05) is 20.8 Å². The van der Waals surface area contributed by atoms with Crippen molar-refractivity contribution in [1.82, 2.24) is 5.06 Å². The predicted octanol–water partition coefficient (Wildman–Crippen LogP) is 1.96. The van der Waals surface area contributed by atoms with Crippen LogP contribution < -0.4 is 0 Å². The van der Waals surface area contributed by atoms with Crippen LogP contribution in [0.4, 0.5) is 4.39 Å². The zero-order valence-electron chi connectivity index (χ0n) is 12.3. The van der Waals surface area contributed by atoms with Crippen LogP contribution in [-0.2, 0) is 25.6 Å². The monoisotopic (exact) mass is 295 g/mol. The highest BCUT2D eigenvalue weighted by Crippen LogP contribution is 2.17. The van der Waals surface area contributed by atoms with Crippen LogP contribution in [0.25, 0.3) is 6.08 Å². The van der Waals surface area contributed by atoms with Crippen molar-refractivity contribution in [2.24, 2.45) is 0 Å². The number of hydroxylamine groups is 2. The number of benzene rings is 1. The number of halogens is 1. The van der Waals surface area contributed by atoms with Gasteiger partial charge in [0, 0.05) is 18.7 Å². The summed E-state index contributed by atoms with van der Waals surface area (Å²) in [6.45, 7) is 1.95. The van der Waals surface area contributed by atoms with Gasteiger partial charge in [-0.2, -0.15) is 0 Å². The van der Waals surface area contributed by atoms with Gasteiger partial charge in [-0.3, -0.25) is 9.63 Å². The second kappa shape index (κ2) is 8.16. The summed E-state index contributed by atoms with van der Waals surface area (Å²) in [5.41, 5.74) is 0.646. The molecule has 21 heavy (non-hydrogen) atoms. The smallest absolute Gasteiger partial charge is 0.330 e. The Bertz CT molecular complexity index is 542. The molecule has 0 N–H and O–H groups in total. The van der Waals surface area contributed by atoms with Gasteiger partial charge in [0.05, 0.1) is 20.1 Å². The van der Waals surface area contributed by atoms with Crippen LogP contribution in [0.5, 0.6) is 0 Å². The quantitative estimate of drug-likeness (QED) is 0.457. The second-order valence-electron chi connectivity index (χ2n) is 4.14. The van der Waals surface area contributed by atoms with E-state index >= 15 is 0 Å². The van der Waals surface area contributed by atoms with Crippen molar-refractivity contribution in [3.05, 3.63) is 41.2 Å². The molecule has 1 aromatic rings. The maximum atomic E-state index is 13.9. The molecule has 0 aromatic heterocycles. The molecule has 0 spiro atoms. The molecule has 0 saturated carbocycles. The molecule has 5 nitrogen and oxygen atoms in total. The first-order valence-corrected chi connectivity index (χ1v) is 6.42. The van der Waals surface area contributed by atoms with Crippen LogP contribution in [0.3, 0.4) is 0 Å². The molecular weight excluding hydrogens is 277 g/mol. The Morgan fingerprint density at radius 3 is 2.71 bits per heavy atom. The first kappa shape index (κ1) is 16.8. The average Bonchev–Trinajstić information content (AvgIpc) is 2.47. The molecule has 0 radical (unpaired) electrons. The van der Waals surface area contributed by atoms with Crippen LogP contribution in [0, 0.1) is 5.82 Å². The van der Waals surface area contributed by atoms with Gasteiger partial charge in [-0.1, -0.05) is 12.1 Å². The lowest BCUT2D eigenvalue weighted by molar-refractivity contribution is -0.167. The SMILES string of the molecule is CCOC(=O)/C=C/c1cccc(F)c1CC(=O)N(C)OC. The molecule has 6 heteroatoms. The summed E-state index contributed by atoms with van der Waals surface area (Å²) in [6, 6.07) is 4.39. The minimum Gasteiger partial charge on any atom is -0.463 e. The lowest BCUT2D eigenvalue weighted by atomic mass is 10.0. The van der Waals surface area contributed by atoms with Crippen molar-refractivity contribution < 1.29 is 23.6 Å². The van der Waals surface area contributed by atoms with Crippen LogP contribution in [-0.4, -0.2) is 37.7 Å². The van der Waals surface area contributed by atoms with Gasteiger partial charge in [-0.15, -0.1) is 0 Å². The van der Waals surface area contributed by atoms with Gasteiger partial charge in [0.1, 0.15) is 5.82 Å². The normalized spacial score (nSPS) is 10.7. The van der Waals surface area contributed by atoms with Crippen molar-refractivity contribution in [2.45, 2.75) is 13.3 Å². The van der Waals surface area contributed by atoms with Crippen molar-refractivity contribution >= 4 is 18.0 Å². The van der Waals surface area contributed by atoms with Crippen molar-refractivity contribution in [1.29, 1.82) is 0 Å². The molecule has 0 bridgehead atoms. The molecule has 0 saturated heterocycles. The first-order valence-electron chi connectivity index (χ1n) is 6.42. The first-order chi connectivity index (χ1) is 9.99. The highest BCUT2D eigenvalue weighted by atomic mass is 19.1. The fourth-order valence-corrected chi connectivity index (χ4v) is 1.63. The van der Waals surface area contributed by atoms with Crippen LogP contribution in [0.15, 0.2) is 24.3 Å². The Labute approximate surface area is 122 Å².